The van der Waals surface area contributed by atoms with Crippen LogP contribution < -0.4 is 15.4 Å². The molecule has 0 spiro atoms. The molecule has 6 heteroatoms. The Morgan fingerprint density at radius 1 is 1.60 bits per heavy atom. The van der Waals surface area contributed by atoms with Crippen LogP contribution in [0.4, 0.5) is 10.8 Å². The quantitative estimate of drug-likeness (QED) is 0.789. The van der Waals surface area contributed by atoms with Gasteiger partial charge in [0.15, 0.2) is 16.6 Å². The lowest BCUT2D eigenvalue weighted by molar-refractivity contribution is 0.244. The zero-order valence-corrected chi connectivity index (χ0v) is 10.0. The predicted octanol–water partition coefficient (Wildman–Crippen LogP) is 0.941. The fourth-order valence-corrected chi connectivity index (χ4v) is 1.86. The van der Waals surface area contributed by atoms with Crippen molar-refractivity contribution in [3.8, 4) is 5.75 Å². The van der Waals surface area contributed by atoms with Crippen molar-refractivity contribution in [3.63, 3.8) is 0 Å². The third-order valence-electron chi connectivity index (χ3n) is 1.79. The summed E-state index contributed by atoms with van der Waals surface area (Å²) in [5.41, 5.74) is 5.71. The van der Waals surface area contributed by atoms with E-state index in [-0.39, 0.29) is 12.7 Å². The van der Waals surface area contributed by atoms with Crippen LogP contribution in [0.5, 0.6) is 5.75 Å². The number of rotatable bonds is 5. The third-order valence-corrected chi connectivity index (χ3v) is 2.75. The number of nitrogens with zero attached hydrogens (tertiary/aromatic N) is 2. The molecule has 1 aromatic rings. The first kappa shape index (κ1) is 12.1. The second kappa shape index (κ2) is 5.18. The highest BCUT2D eigenvalue weighted by molar-refractivity contribution is 7.11. The van der Waals surface area contributed by atoms with Crippen LogP contribution in [0.25, 0.3) is 0 Å². The Morgan fingerprint density at radius 3 is 2.80 bits per heavy atom. The van der Waals surface area contributed by atoms with E-state index in [1.807, 2.05) is 25.8 Å². The van der Waals surface area contributed by atoms with Crippen LogP contribution in [-0.4, -0.2) is 35.8 Å². The van der Waals surface area contributed by atoms with E-state index >= 15 is 0 Å². The largest absolute Gasteiger partial charge is 0.484 e. The Bertz CT molecular complexity index is 314. The molecule has 0 aliphatic carbocycles. The molecule has 0 atom stereocenters. The van der Waals surface area contributed by atoms with Gasteiger partial charge in [-0.1, -0.05) is 0 Å². The number of nitrogens with two attached hydrogens (primary N) is 1. The average Bonchev–Trinajstić information content (AvgIpc) is 2.48. The minimum atomic E-state index is 0.0602. The van der Waals surface area contributed by atoms with Crippen molar-refractivity contribution in [1.29, 1.82) is 0 Å². The summed E-state index contributed by atoms with van der Waals surface area (Å²) in [5.74, 6) is 1.03. The monoisotopic (exact) mass is 231 g/mol. The molecule has 1 heterocycles. The zero-order chi connectivity index (χ0) is 11.4. The Morgan fingerprint density at radius 2 is 2.27 bits per heavy atom. The number of anilines is 2. The molecule has 1 aromatic heterocycles. The minimum Gasteiger partial charge on any atom is -0.484 e. The van der Waals surface area contributed by atoms with E-state index in [2.05, 4.69) is 4.37 Å². The van der Waals surface area contributed by atoms with Crippen molar-refractivity contribution in [2.24, 2.45) is 0 Å². The Labute approximate surface area is 93.6 Å². The van der Waals surface area contributed by atoms with Crippen LogP contribution >= 0.6 is 11.5 Å². The van der Waals surface area contributed by atoms with Crippen molar-refractivity contribution in [3.05, 3.63) is 0 Å². The van der Waals surface area contributed by atoms with Gasteiger partial charge in [0.1, 0.15) is 0 Å². The molecule has 86 valence electrons. The van der Waals surface area contributed by atoms with E-state index < -0.39 is 0 Å². The van der Waals surface area contributed by atoms with Gasteiger partial charge in [-0.05, 0) is 25.4 Å². The highest BCUT2D eigenvalue weighted by Gasteiger charge is 2.17. The van der Waals surface area contributed by atoms with Crippen LogP contribution in [0.3, 0.4) is 0 Å². The number of hydrogen-bond donors (Lipinski definition) is 2. The molecule has 0 saturated carbocycles. The zero-order valence-electron chi connectivity index (χ0n) is 9.23. The lowest BCUT2D eigenvalue weighted by Gasteiger charge is -2.18. The van der Waals surface area contributed by atoms with Crippen molar-refractivity contribution < 1.29 is 9.84 Å². The molecule has 3 N–H and O–H groups in total. The lowest BCUT2D eigenvalue weighted by atomic mass is 10.4. The van der Waals surface area contributed by atoms with Crippen molar-refractivity contribution in [2.45, 2.75) is 20.0 Å². The Balaban J connectivity index is 2.87. The van der Waals surface area contributed by atoms with Crippen LogP contribution in [0.15, 0.2) is 0 Å². The highest BCUT2D eigenvalue weighted by Crippen LogP contribution is 2.38. The van der Waals surface area contributed by atoms with Gasteiger partial charge in [-0.25, -0.2) is 0 Å². The van der Waals surface area contributed by atoms with Crippen molar-refractivity contribution >= 4 is 22.4 Å². The van der Waals surface area contributed by atoms with Crippen molar-refractivity contribution in [2.75, 3.05) is 30.8 Å². The lowest BCUT2D eigenvalue weighted by Crippen LogP contribution is -2.21. The van der Waals surface area contributed by atoms with Gasteiger partial charge in [0.2, 0.25) is 0 Å². The van der Waals surface area contributed by atoms with Gasteiger partial charge < -0.3 is 20.5 Å². The number of aliphatic hydroxyl groups is 1. The van der Waals surface area contributed by atoms with Crippen LogP contribution in [0, 0.1) is 0 Å². The van der Waals surface area contributed by atoms with Gasteiger partial charge in [0.25, 0.3) is 0 Å². The molecule has 0 aliphatic rings. The van der Waals surface area contributed by atoms with Crippen molar-refractivity contribution in [1.82, 2.24) is 4.37 Å². The summed E-state index contributed by atoms with van der Waals surface area (Å²) in [6.07, 6.45) is 0.0602. The van der Waals surface area contributed by atoms with Gasteiger partial charge in [-0.15, -0.1) is 0 Å². The first-order chi connectivity index (χ1) is 7.06. The van der Waals surface area contributed by atoms with Gasteiger partial charge in [0, 0.05) is 13.6 Å². The van der Waals surface area contributed by atoms with Gasteiger partial charge >= 0.3 is 0 Å². The summed E-state index contributed by atoms with van der Waals surface area (Å²) in [6.45, 7) is 4.51. The fraction of sp³-hybridized carbons (Fsp3) is 0.667. The van der Waals surface area contributed by atoms with E-state index in [0.717, 1.165) is 5.00 Å². The van der Waals surface area contributed by atoms with E-state index in [1.54, 1.807) is 0 Å². The molecule has 1 rings (SSSR count). The molecule has 0 bridgehead atoms. The van der Waals surface area contributed by atoms with Crippen LogP contribution in [-0.2, 0) is 0 Å². The number of likely N-dealkylation sites (N-methyl/N-ethyl adjacent to an activating group) is 1. The second-order valence-corrected chi connectivity index (χ2v) is 4.27. The molecule has 0 aliphatic heterocycles. The maximum atomic E-state index is 8.85. The topological polar surface area (TPSA) is 71.6 Å². The van der Waals surface area contributed by atoms with Crippen LogP contribution in [0.2, 0.25) is 0 Å². The van der Waals surface area contributed by atoms with Crippen LogP contribution in [0.1, 0.15) is 13.8 Å². The first-order valence-electron chi connectivity index (χ1n) is 4.80. The molecular weight excluding hydrogens is 214 g/mol. The highest BCUT2D eigenvalue weighted by atomic mass is 32.1. The average molecular weight is 231 g/mol. The fourth-order valence-electron chi connectivity index (χ4n) is 1.13. The first-order valence-corrected chi connectivity index (χ1v) is 5.57. The standard InChI is InChI=1S/C9H17N3O2S/c1-6(2)14-7-8(10)11-15-9(7)12(3)4-5-13/h6,13H,4-5H2,1-3H3,(H2,10,11). The number of ether oxygens (including phenoxy) is 1. The molecule has 0 fully saturated rings. The number of aliphatic hydroxyl groups excluding tert-OH is 1. The summed E-state index contributed by atoms with van der Waals surface area (Å²) < 4.78 is 9.63. The summed E-state index contributed by atoms with van der Waals surface area (Å²) in [7, 11) is 1.87. The molecule has 0 aromatic carbocycles. The van der Waals surface area contributed by atoms with Gasteiger partial charge in [-0.2, -0.15) is 4.37 Å². The third kappa shape index (κ3) is 2.97. The summed E-state index contributed by atoms with van der Waals surface area (Å²) in [6, 6.07) is 0. The van der Waals surface area contributed by atoms with E-state index in [9.17, 15) is 0 Å². The maximum absolute atomic E-state index is 8.85. The number of hydrogen-bond acceptors (Lipinski definition) is 6. The summed E-state index contributed by atoms with van der Waals surface area (Å²) >= 11 is 1.28. The predicted molar refractivity (Wildman–Crippen MR) is 62.6 cm³/mol. The van der Waals surface area contributed by atoms with Gasteiger partial charge in [-0.3, -0.25) is 0 Å². The van der Waals surface area contributed by atoms with E-state index in [4.69, 9.17) is 15.6 Å². The smallest absolute Gasteiger partial charge is 0.198 e. The number of nitrogen functional groups attached to an aromatic ring is 1. The van der Waals surface area contributed by atoms with E-state index in [1.165, 1.54) is 11.5 Å². The second-order valence-electron chi connectivity index (χ2n) is 3.51. The minimum absolute atomic E-state index is 0.0602. The number of aromatic nitrogens is 1. The Kier molecular flexibility index (Phi) is 4.16. The van der Waals surface area contributed by atoms with E-state index in [0.29, 0.717) is 18.1 Å². The molecule has 0 radical (unpaired) electrons. The Hall–Kier alpha value is -1.01. The molecule has 5 nitrogen and oxygen atoms in total. The molecule has 15 heavy (non-hydrogen) atoms. The molecule has 0 saturated heterocycles. The normalized spacial score (nSPS) is 10.7. The molecule has 0 amide bonds. The van der Waals surface area contributed by atoms with Gasteiger partial charge in [0.05, 0.1) is 12.7 Å². The summed E-state index contributed by atoms with van der Waals surface area (Å²) in [5, 5.41) is 9.70. The molecule has 0 unspecified atom stereocenters. The maximum Gasteiger partial charge on any atom is 0.198 e. The SMILES string of the molecule is CC(C)Oc1c(N)nsc1N(C)CCO. The molecular formula is C9H17N3O2S. The summed E-state index contributed by atoms with van der Waals surface area (Å²) in [4.78, 5) is 1.88.